The average molecular weight is 477 g/mol. The number of alkyl carbamates (subject to hydrolysis) is 1. The fourth-order valence-corrected chi connectivity index (χ4v) is 6.08. The summed E-state index contributed by atoms with van der Waals surface area (Å²) in [5.41, 5.74) is 4.38. The van der Waals surface area contributed by atoms with E-state index in [0.29, 0.717) is 13.0 Å². The Morgan fingerprint density at radius 1 is 1.09 bits per heavy atom. The quantitative estimate of drug-likeness (QED) is 0.617. The summed E-state index contributed by atoms with van der Waals surface area (Å²) >= 11 is 0. The van der Waals surface area contributed by atoms with E-state index in [0.717, 1.165) is 30.4 Å². The normalized spacial score (nSPS) is 20.6. The van der Waals surface area contributed by atoms with Gasteiger partial charge in [0.2, 0.25) is 5.91 Å². The third-order valence-electron chi connectivity index (χ3n) is 8.23. The molecule has 184 valence electrons. The van der Waals surface area contributed by atoms with Crippen molar-refractivity contribution in [2.24, 2.45) is 11.3 Å². The van der Waals surface area contributed by atoms with Crippen molar-refractivity contribution in [2.45, 2.75) is 51.0 Å². The molecule has 1 unspecified atom stereocenters. The molecule has 1 saturated carbocycles. The largest absolute Gasteiger partial charge is 0.481 e. The summed E-state index contributed by atoms with van der Waals surface area (Å²) in [6, 6.07) is 16.0. The zero-order chi connectivity index (χ0) is 24.6. The maximum Gasteiger partial charge on any atom is 0.407 e. The summed E-state index contributed by atoms with van der Waals surface area (Å²) in [5.74, 6) is -1.43. The van der Waals surface area contributed by atoms with Crippen molar-refractivity contribution in [3.8, 4) is 11.1 Å². The second-order valence-corrected chi connectivity index (χ2v) is 10.2. The van der Waals surface area contributed by atoms with E-state index >= 15 is 0 Å². The predicted octanol–water partition coefficient (Wildman–Crippen LogP) is 4.41. The van der Waals surface area contributed by atoms with Crippen molar-refractivity contribution >= 4 is 18.0 Å². The Morgan fingerprint density at radius 3 is 2.23 bits per heavy atom. The minimum Gasteiger partial charge on any atom is -0.481 e. The molecule has 1 aliphatic heterocycles. The Labute approximate surface area is 205 Å². The van der Waals surface area contributed by atoms with Crippen LogP contribution in [-0.2, 0) is 14.3 Å². The number of carbonyl (C=O) groups excluding carboxylic acids is 2. The van der Waals surface area contributed by atoms with Crippen LogP contribution in [0.2, 0.25) is 0 Å². The number of likely N-dealkylation sites (tertiary alicyclic amines) is 1. The van der Waals surface area contributed by atoms with Gasteiger partial charge in [-0.15, -0.1) is 0 Å². The van der Waals surface area contributed by atoms with Gasteiger partial charge in [-0.1, -0.05) is 61.9 Å². The first-order valence-corrected chi connectivity index (χ1v) is 12.5. The van der Waals surface area contributed by atoms with Gasteiger partial charge in [-0.2, -0.15) is 0 Å². The molecule has 3 aliphatic rings. The monoisotopic (exact) mass is 476 g/mol. The fourth-order valence-electron chi connectivity index (χ4n) is 6.08. The van der Waals surface area contributed by atoms with Gasteiger partial charge < -0.3 is 20.1 Å². The summed E-state index contributed by atoms with van der Waals surface area (Å²) < 4.78 is 5.63. The average Bonchev–Trinajstić information content (AvgIpc) is 3.40. The third kappa shape index (κ3) is 4.28. The van der Waals surface area contributed by atoms with Crippen molar-refractivity contribution < 1.29 is 24.2 Å². The SMILES string of the molecule is CC[C@@H](CC(=O)N1CC(C(=O)O)C2(CCC2)C1)NC(=O)OCC1c2ccccc2-c2ccccc21. The van der Waals surface area contributed by atoms with Gasteiger partial charge in [0.25, 0.3) is 0 Å². The fraction of sp³-hybridized carbons (Fsp3) is 0.464. The van der Waals surface area contributed by atoms with E-state index in [2.05, 4.69) is 29.6 Å². The topological polar surface area (TPSA) is 95.9 Å². The molecular weight excluding hydrogens is 444 g/mol. The first-order chi connectivity index (χ1) is 16.9. The second kappa shape index (κ2) is 9.36. The Hall–Kier alpha value is -3.35. The van der Waals surface area contributed by atoms with Crippen molar-refractivity contribution in [2.75, 3.05) is 19.7 Å². The van der Waals surface area contributed by atoms with Crippen molar-refractivity contribution in [3.63, 3.8) is 0 Å². The minimum atomic E-state index is -0.816. The molecule has 1 spiro atoms. The number of ether oxygens (including phenoxy) is 1. The van der Waals surface area contributed by atoms with Gasteiger partial charge in [-0.05, 0) is 41.5 Å². The van der Waals surface area contributed by atoms with Crippen LogP contribution in [0.1, 0.15) is 56.1 Å². The lowest BCUT2D eigenvalue weighted by Crippen LogP contribution is -2.42. The number of nitrogens with zero attached hydrogens (tertiary/aromatic N) is 1. The summed E-state index contributed by atoms with van der Waals surface area (Å²) in [4.78, 5) is 39.0. The highest BCUT2D eigenvalue weighted by Crippen LogP contribution is 2.52. The lowest BCUT2D eigenvalue weighted by molar-refractivity contribution is -0.146. The maximum atomic E-state index is 13.0. The Kier molecular flexibility index (Phi) is 6.26. The minimum absolute atomic E-state index is 0.0222. The number of benzene rings is 2. The summed E-state index contributed by atoms with van der Waals surface area (Å²) in [5, 5.41) is 12.5. The van der Waals surface area contributed by atoms with Crippen molar-refractivity contribution in [1.29, 1.82) is 0 Å². The molecule has 2 amide bonds. The molecule has 35 heavy (non-hydrogen) atoms. The molecule has 1 heterocycles. The van der Waals surface area contributed by atoms with Gasteiger partial charge in [-0.25, -0.2) is 4.79 Å². The molecule has 2 aromatic rings. The van der Waals surface area contributed by atoms with E-state index in [9.17, 15) is 19.5 Å². The molecule has 2 N–H and O–H groups in total. The zero-order valence-corrected chi connectivity index (χ0v) is 20.0. The molecule has 2 fully saturated rings. The number of carboxylic acid groups (broad SMARTS) is 1. The van der Waals surface area contributed by atoms with E-state index in [1.165, 1.54) is 11.1 Å². The Balaban J connectivity index is 1.17. The second-order valence-electron chi connectivity index (χ2n) is 10.2. The van der Waals surface area contributed by atoms with Crippen LogP contribution in [0.5, 0.6) is 0 Å². The number of carboxylic acids is 1. The van der Waals surface area contributed by atoms with E-state index in [-0.39, 0.29) is 42.9 Å². The van der Waals surface area contributed by atoms with Gasteiger partial charge >= 0.3 is 12.1 Å². The molecule has 0 aromatic heterocycles. The van der Waals surface area contributed by atoms with Crippen LogP contribution in [0.15, 0.2) is 48.5 Å². The Bertz CT molecular complexity index is 1100. The molecule has 7 heteroatoms. The molecule has 0 bridgehead atoms. The van der Waals surface area contributed by atoms with Crippen LogP contribution in [0.25, 0.3) is 11.1 Å². The number of aliphatic carboxylic acids is 1. The van der Waals surface area contributed by atoms with E-state index < -0.39 is 18.0 Å². The standard InChI is InChI=1S/C28H32N2O5/c1-2-18(14-25(31)30-15-24(26(32)33)28(17-30)12-7-13-28)29-27(34)35-16-23-21-10-5-3-8-19(21)20-9-4-6-11-22(20)23/h3-6,8-11,18,23-24H,2,7,12-17H2,1H3,(H,29,34)(H,32,33)/t18-,24?/m0/s1. The number of hydrogen-bond acceptors (Lipinski definition) is 4. The highest BCUT2D eigenvalue weighted by Gasteiger charge is 2.54. The molecule has 2 aliphatic carbocycles. The highest BCUT2D eigenvalue weighted by molar-refractivity contribution is 5.81. The number of amides is 2. The summed E-state index contributed by atoms with van der Waals surface area (Å²) in [6.07, 6.45) is 2.94. The number of hydrogen-bond donors (Lipinski definition) is 2. The lowest BCUT2D eigenvalue weighted by atomic mass is 9.63. The van der Waals surface area contributed by atoms with Crippen LogP contribution in [0.3, 0.4) is 0 Å². The van der Waals surface area contributed by atoms with Crippen LogP contribution in [0.4, 0.5) is 4.79 Å². The van der Waals surface area contributed by atoms with Crippen LogP contribution in [0, 0.1) is 11.3 Å². The zero-order valence-electron chi connectivity index (χ0n) is 20.0. The summed E-state index contributed by atoms with van der Waals surface area (Å²) in [6.45, 7) is 2.90. The van der Waals surface area contributed by atoms with Gasteiger partial charge in [0.15, 0.2) is 0 Å². The van der Waals surface area contributed by atoms with Crippen LogP contribution < -0.4 is 5.32 Å². The number of carbonyl (C=O) groups is 3. The van der Waals surface area contributed by atoms with Gasteiger partial charge in [-0.3, -0.25) is 9.59 Å². The lowest BCUT2D eigenvalue weighted by Gasteiger charge is -2.41. The number of fused-ring (bicyclic) bond motifs is 3. The van der Waals surface area contributed by atoms with E-state index in [1.54, 1.807) is 4.90 Å². The molecule has 5 rings (SSSR count). The molecule has 2 aromatic carbocycles. The molecule has 7 nitrogen and oxygen atoms in total. The number of nitrogens with one attached hydrogen (secondary N) is 1. The van der Waals surface area contributed by atoms with Crippen LogP contribution in [-0.4, -0.2) is 53.7 Å². The molecule has 0 radical (unpaired) electrons. The predicted molar refractivity (Wildman–Crippen MR) is 131 cm³/mol. The van der Waals surface area contributed by atoms with Gasteiger partial charge in [0.1, 0.15) is 6.61 Å². The highest BCUT2D eigenvalue weighted by atomic mass is 16.5. The molecule has 1 saturated heterocycles. The third-order valence-corrected chi connectivity index (χ3v) is 8.23. The molecular formula is C28H32N2O5. The smallest absolute Gasteiger partial charge is 0.407 e. The van der Waals surface area contributed by atoms with Gasteiger partial charge in [0.05, 0.1) is 5.92 Å². The van der Waals surface area contributed by atoms with Crippen LogP contribution >= 0.6 is 0 Å². The molecule has 2 atom stereocenters. The Morgan fingerprint density at radius 2 is 1.71 bits per heavy atom. The van der Waals surface area contributed by atoms with Gasteiger partial charge in [0, 0.05) is 36.9 Å². The number of rotatable bonds is 7. The van der Waals surface area contributed by atoms with E-state index in [1.807, 2.05) is 31.2 Å². The van der Waals surface area contributed by atoms with E-state index in [4.69, 9.17) is 4.74 Å². The van der Waals surface area contributed by atoms with Crippen molar-refractivity contribution in [1.82, 2.24) is 10.2 Å². The first-order valence-electron chi connectivity index (χ1n) is 12.5. The maximum absolute atomic E-state index is 13.0. The first kappa shape index (κ1) is 23.4. The summed E-state index contributed by atoms with van der Waals surface area (Å²) in [7, 11) is 0. The van der Waals surface area contributed by atoms with Crippen molar-refractivity contribution in [3.05, 3.63) is 59.7 Å².